The van der Waals surface area contributed by atoms with E-state index in [4.69, 9.17) is 14.2 Å². The molecule has 0 radical (unpaired) electrons. The summed E-state index contributed by atoms with van der Waals surface area (Å²) in [6.45, 7) is 1.46. The molecule has 1 atom stereocenters. The van der Waals surface area contributed by atoms with Gasteiger partial charge >= 0.3 is 5.97 Å². The summed E-state index contributed by atoms with van der Waals surface area (Å²) < 4.78 is 15.4. The van der Waals surface area contributed by atoms with Gasteiger partial charge in [0.2, 0.25) is 0 Å². The number of ether oxygens (including phenoxy) is 3. The van der Waals surface area contributed by atoms with Crippen LogP contribution in [0, 0.1) is 5.92 Å². The van der Waals surface area contributed by atoms with Crippen molar-refractivity contribution in [2.75, 3.05) is 39.3 Å². The molecule has 1 aliphatic rings. The van der Waals surface area contributed by atoms with E-state index in [9.17, 15) is 4.79 Å². The third-order valence-electron chi connectivity index (χ3n) is 3.45. The first kappa shape index (κ1) is 13.5. The molecular weight excluding hydrogens is 246 g/mol. The van der Waals surface area contributed by atoms with Gasteiger partial charge in [-0.3, -0.25) is 4.79 Å². The smallest absolute Gasteiger partial charge is 0.310 e. The molecule has 1 aliphatic heterocycles. The van der Waals surface area contributed by atoms with Gasteiger partial charge in [-0.05, 0) is 18.6 Å². The molecule has 1 aromatic carbocycles. The molecule has 0 aliphatic carbocycles. The molecule has 5 nitrogen and oxygen atoms in total. The van der Waals surface area contributed by atoms with Gasteiger partial charge in [-0.1, -0.05) is 0 Å². The summed E-state index contributed by atoms with van der Waals surface area (Å²) in [5.74, 6) is 1.34. The van der Waals surface area contributed by atoms with Crippen LogP contribution in [-0.2, 0) is 9.53 Å². The molecule has 0 amide bonds. The zero-order valence-electron chi connectivity index (χ0n) is 11.5. The van der Waals surface area contributed by atoms with Crippen LogP contribution in [0.5, 0.6) is 11.5 Å². The second-order valence-electron chi connectivity index (χ2n) is 4.49. The van der Waals surface area contributed by atoms with Gasteiger partial charge in [0.1, 0.15) is 11.5 Å². The van der Waals surface area contributed by atoms with Crippen molar-refractivity contribution < 1.29 is 19.0 Å². The quantitative estimate of drug-likeness (QED) is 0.776. The molecule has 0 saturated carbocycles. The van der Waals surface area contributed by atoms with E-state index in [1.54, 1.807) is 14.2 Å². The first-order chi connectivity index (χ1) is 9.19. The van der Waals surface area contributed by atoms with Crippen molar-refractivity contribution in [1.82, 2.24) is 0 Å². The van der Waals surface area contributed by atoms with Crippen LogP contribution in [-0.4, -0.2) is 40.4 Å². The summed E-state index contributed by atoms with van der Waals surface area (Å²) in [5.41, 5.74) is 0.952. The van der Waals surface area contributed by atoms with Gasteiger partial charge in [0, 0.05) is 19.2 Å². The highest BCUT2D eigenvalue weighted by molar-refractivity contribution is 5.75. The first-order valence-corrected chi connectivity index (χ1v) is 6.24. The van der Waals surface area contributed by atoms with Crippen molar-refractivity contribution in [3.63, 3.8) is 0 Å². The van der Waals surface area contributed by atoms with Gasteiger partial charge in [-0.2, -0.15) is 0 Å². The Labute approximate surface area is 113 Å². The predicted octanol–water partition coefficient (Wildman–Crippen LogP) is 1.70. The number of nitrogens with zero attached hydrogens (tertiary/aromatic N) is 1. The van der Waals surface area contributed by atoms with Crippen LogP contribution in [0.2, 0.25) is 0 Å². The number of rotatable bonds is 4. The molecule has 0 aromatic heterocycles. The predicted molar refractivity (Wildman–Crippen MR) is 71.9 cm³/mol. The van der Waals surface area contributed by atoms with Crippen molar-refractivity contribution in [3.05, 3.63) is 18.2 Å². The third-order valence-corrected chi connectivity index (χ3v) is 3.45. The topological polar surface area (TPSA) is 48.0 Å². The summed E-state index contributed by atoms with van der Waals surface area (Å²) in [5, 5.41) is 0. The Morgan fingerprint density at radius 3 is 2.68 bits per heavy atom. The lowest BCUT2D eigenvalue weighted by Crippen LogP contribution is -2.23. The van der Waals surface area contributed by atoms with Crippen molar-refractivity contribution in [2.45, 2.75) is 6.42 Å². The van der Waals surface area contributed by atoms with Crippen molar-refractivity contribution in [1.29, 1.82) is 0 Å². The monoisotopic (exact) mass is 265 g/mol. The van der Waals surface area contributed by atoms with E-state index < -0.39 is 0 Å². The molecule has 1 heterocycles. The minimum atomic E-state index is -0.149. The van der Waals surface area contributed by atoms with E-state index in [-0.39, 0.29) is 11.9 Å². The number of carbonyl (C=O) groups excluding carboxylic acids is 1. The maximum absolute atomic E-state index is 11.6. The molecule has 2 rings (SSSR count). The van der Waals surface area contributed by atoms with Crippen LogP contribution in [0.25, 0.3) is 0 Å². The Kier molecular flexibility index (Phi) is 4.14. The SMILES string of the molecule is COC(=O)C1CCN(c2cc(OC)ccc2OC)C1. The van der Waals surface area contributed by atoms with Gasteiger partial charge in [0.05, 0.1) is 32.9 Å². The second kappa shape index (κ2) is 5.82. The molecule has 1 unspecified atom stereocenters. The number of carbonyl (C=O) groups is 1. The van der Waals surface area contributed by atoms with E-state index in [0.717, 1.165) is 30.2 Å². The molecule has 5 heteroatoms. The maximum atomic E-state index is 11.6. The van der Waals surface area contributed by atoms with Crippen LogP contribution >= 0.6 is 0 Å². The molecule has 1 saturated heterocycles. The molecule has 104 valence electrons. The molecule has 0 bridgehead atoms. The summed E-state index contributed by atoms with van der Waals surface area (Å²) in [4.78, 5) is 13.7. The molecular formula is C14H19NO4. The van der Waals surface area contributed by atoms with E-state index in [1.807, 2.05) is 18.2 Å². The number of esters is 1. The third kappa shape index (κ3) is 2.75. The lowest BCUT2D eigenvalue weighted by atomic mass is 10.1. The largest absolute Gasteiger partial charge is 0.497 e. The maximum Gasteiger partial charge on any atom is 0.310 e. The molecule has 0 spiro atoms. The fourth-order valence-electron chi connectivity index (χ4n) is 2.38. The summed E-state index contributed by atoms with van der Waals surface area (Å²) >= 11 is 0. The minimum Gasteiger partial charge on any atom is -0.497 e. The normalized spacial score (nSPS) is 18.3. The summed E-state index contributed by atoms with van der Waals surface area (Å²) in [7, 11) is 4.70. The van der Waals surface area contributed by atoms with E-state index in [1.165, 1.54) is 7.11 Å². The molecule has 1 fully saturated rings. The lowest BCUT2D eigenvalue weighted by Gasteiger charge is -2.21. The van der Waals surface area contributed by atoms with E-state index >= 15 is 0 Å². The first-order valence-electron chi connectivity index (χ1n) is 6.24. The average Bonchev–Trinajstić information content (AvgIpc) is 2.95. The highest BCUT2D eigenvalue weighted by Crippen LogP contribution is 2.35. The molecule has 0 N–H and O–H groups in total. The van der Waals surface area contributed by atoms with Crippen LogP contribution in [0.3, 0.4) is 0 Å². The standard InChI is InChI=1S/C14H19NO4/c1-17-11-4-5-13(18-2)12(8-11)15-7-6-10(9-15)14(16)19-3/h4-5,8,10H,6-7,9H2,1-3H3. The Balaban J connectivity index is 2.20. The number of hydrogen-bond acceptors (Lipinski definition) is 5. The van der Waals surface area contributed by atoms with Crippen LogP contribution in [0.4, 0.5) is 5.69 Å². The Bertz CT molecular complexity index is 461. The fraction of sp³-hybridized carbons (Fsp3) is 0.500. The van der Waals surface area contributed by atoms with Gasteiger partial charge in [-0.15, -0.1) is 0 Å². The average molecular weight is 265 g/mol. The number of hydrogen-bond donors (Lipinski definition) is 0. The minimum absolute atomic E-state index is 0.0686. The number of benzene rings is 1. The van der Waals surface area contributed by atoms with Gasteiger partial charge in [0.25, 0.3) is 0 Å². The molecule has 19 heavy (non-hydrogen) atoms. The van der Waals surface area contributed by atoms with Crippen LogP contribution in [0.15, 0.2) is 18.2 Å². The van der Waals surface area contributed by atoms with Crippen molar-refractivity contribution >= 4 is 11.7 Å². The Morgan fingerprint density at radius 2 is 2.05 bits per heavy atom. The summed E-state index contributed by atoms with van der Waals surface area (Å²) in [6, 6.07) is 5.66. The van der Waals surface area contributed by atoms with Crippen LogP contribution in [0.1, 0.15) is 6.42 Å². The number of methoxy groups -OCH3 is 3. The fourth-order valence-corrected chi connectivity index (χ4v) is 2.38. The zero-order chi connectivity index (χ0) is 13.8. The van der Waals surface area contributed by atoms with E-state index in [2.05, 4.69) is 4.90 Å². The van der Waals surface area contributed by atoms with Crippen molar-refractivity contribution in [2.24, 2.45) is 5.92 Å². The highest BCUT2D eigenvalue weighted by atomic mass is 16.5. The van der Waals surface area contributed by atoms with Gasteiger partial charge in [-0.25, -0.2) is 0 Å². The number of anilines is 1. The zero-order valence-corrected chi connectivity index (χ0v) is 11.5. The lowest BCUT2D eigenvalue weighted by molar-refractivity contribution is -0.144. The Hall–Kier alpha value is -1.91. The van der Waals surface area contributed by atoms with Crippen molar-refractivity contribution in [3.8, 4) is 11.5 Å². The highest BCUT2D eigenvalue weighted by Gasteiger charge is 2.30. The van der Waals surface area contributed by atoms with Crippen LogP contribution < -0.4 is 14.4 Å². The summed E-state index contributed by atoms with van der Waals surface area (Å²) in [6.07, 6.45) is 0.799. The van der Waals surface area contributed by atoms with E-state index in [0.29, 0.717) is 6.54 Å². The van der Waals surface area contributed by atoms with Gasteiger partial charge < -0.3 is 19.1 Å². The molecule has 1 aromatic rings. The van der Waals surface area contributed by atoms with Gasteiger partial charge in [0.15, 0.2) is 0 Å². The Morgan fingerprint density at radius 1 is 1.26 bits per heavy atom. The second-order valence-corrected chi connectivity index (χ2v) is 4.49.